The Bertz CT molecular complexity index is 415. The quantitative estimate of drug-likeness (QED) is 0.859. The maximum absolute atomic E-state index is 13.2. The third-order valence-electron chi connectivity index (χ3n) is 4.06. The van der Waals surface area contributed by atoms with Crippen molar-refractivity contribution in [2.75, 3.05) is 13.2 Å². The molecule has 1 aliphatic heterocycles. The van der Waals surface area contributed by atoms with Crippen LogP contribution in [-0.4, -0.2) is 25.3 Å². The van der Waals surface area contributed by atoms with Crippen LogP contribution in [0.25, 0.3) is 0 Å². The highest BCUT2D eigenvalue weighted by molar-refractivity contribution is 5.27. The highest BCUT2D eigenvalue weighted by Crippen LogP contribution is 2.20. The molecule has 1 fully saturated rings. The van der Waals surface area contributed by atoms with Gasteiger partial charge in [0.25, 0.3) is 0 Å². The first kappa shape index (κ1) is 15.5. The fraction of sp³-hybridized carbons (Fsp3) is 0.647. The van der Waals surface area contributed by atoms with Gasteiger partial charge in [0.2, 0.25) is 0 Å². The molecule has 2 rings (SSSR count). The van der Waals surface area contributed by atoms with E-state index in [1.165, 1.54) is 18.4 Å². The first-order valence-electron chi connectivity index (χ1n) is 7.80. The second-order valence-corrected chi connectivity index (χ2v) is 5.74. The minimum absolute atomic E-state index is 0.154. The molecule has 0 amide bonds. The molecule has 1 saturated heterocycles. The summed E-state index contributed by atoms with van der Waals surface area (Å²) in [6.07, 6.45) is 5.87. The number of rotatable bonds is 6. The predicted molar refractivity (Wildman–Crippen MR) is 80.5 cm³/mol. The van der Waals surface area contributed by atoms with Gasteiger partial charge in [-0.15, -0.1) is 0 Å². The van der Waals surface area contributed by atoms with Crippen LogP contribution in [0.15, 0.2) is 18.2 Å². The van der Waals surface area contributed by atoms with Gasteiger partial charge in [0.05, 0.1) is 6.10 Å². The molecule has 1 aromatic carbocycles. The van der Waals surface area contributed by atoms with Crippen molar-refractivity contribution < 1.29 is 9.13 Å². The lowest BCUT2D eigenvalue weighted by Gasteiger charge is -2.31. The van der Waals surface area contributed by atoms with Crippen molar-refractivity contribution in [3.63, 3.8) is 0 Å². The summed E-state index contributed by atoms with van der Waals surface area (Å²) >= 11 is 0. The molecule has 112 valence electrons. The highest BCUT2D eigenvalue weighted by Gasteiger charge is 2.24. The molecule has 0 aliphatic carbocycles. The van der Waals surface area contributed by atoms with Crippen LogP contribution in [0.5, 0.6) is 0 Å². The lowest BCUT2D eigenvalue weighted by Crippen LogP contribution is -2.44. The third kappa shape index (κ3) is 4.29. The summed E-state index contributed by atoms with van der Waals surface area (Å²) < 4.78 is 19.1. The number of nitrogens with one attached hydrogen (secondary N) is 1. The van der Waals surface area contributed by atoms with E-state index in [1.807, 2.05) is 13.0 Å². The minimum Gasteiger partial charge on any atom is -0.377 e. The molecule has 0 saturated carbocycles. The van der Waals surface area contributed by atoms with Gasteiger partial charge in [0, 0.05) is 12.6 Å². The Balaban J connectivity index is 2.05. The molecule has 20 heavy (non-hydrogen) atoms. The van der Waals surface area contributed by atoms with Gasteiger partial charge >= 0.3 is 0 Å². The van der Waals surface area contributed by atoms with Crippen LogP contribution in [0.4, 0.5) is 4.39 Å². The number of hydrogen-bond acceptors (Lipinski definition) is 2. The second kappa shape index (κ2) is 7.75. The highest BCUT2D eigenvalue weighted by atomic mass is 19.1. The Kier molecular flexibility index (Phi) is 5.99. The molecular weight excluding hydrogens is 253 g/mol. The van der Waals surface area contributed by atoms with Gasteiger partial charge in [0.1, 0.15) is 5.82 Å². The van der Waals surface area contributed by atoms with Crippen LogP contribution >= 0.6 is 0 Å². The zero-order chi connectivity index (χ0) is 14.4. The van der Waals surface area contributed by atoms with Gasteiger partial charge in [-0.2, -0.15) is 0 Å². The molecule has 0 aromatic heterocycles. The van der Waals surface area contributed by atoms with E-state index in [0.29, 0.717) is 12.1 Å². The zero-order valence-electron chi connectivity index (χ0n) is 12.6. The minimum atomic E-state index is -0.154. The SMILES string of the molecule is CCCNC(Cc1ccc(F)cc1C)C1CCCCO1. The summed E-state index contributed by atoms with van der Waals surface area (Å²) in [5, 5.41) is 3.61. The van der Waals surface area contributed by atoms with E-state index >= 15 is 0 Å². The molecule has 3 heteroatoms. The van der Waals surface area contributed by atoms with Crippen LogP contribution < -0.4 is 5.32 Å². The number of halogens is 1. The molecule has 1 heterocycles. The van der Waals surface area contributed by atoms with Crippen LogP contribution in [0.3, 0.4) is 0 Å². The molecular formula is C17H26FNO. The van der Waals surface area contributed by atoms with E-state index in [1.54, 1.807) is 12.1 Å². The van der Waals surface area contributed by atoms with Crippen molar-refractivity contribution in [3.05, 3.63) is 35.1 Å². The lowest BCUT2D eigenvalue weighted by molar-refractivity contribution is -0.00740. The molecule has 0 spiro atoms. The second-order valence-electron chi connectivity index (χ2n) is 5.74. The maximum atomic E-state index is 13.2. The Morgan fingerprint density at radius 3 is 2.90 bits per heavy atom. The summed E-state index contributed by atoms with van der Waals surface area (Å²) in [5.41, 5.74) is 2.25. The van der Waals surface area contributed by atoms with Crippen molar-refractivity contribution in [1.29, 1.82) is 0 Å². The summed E-state index contributed by atoms with van der Waals surface area (Å²) in [6, 6.07) is 5.42. The molecule has 2 unspecified atom stereocenters. The average molecular weight is 279 g/mol. The molecule has 2 atom stereocenters. The van der Waals surface area contributed by atoms with Crippen molar-refractivity contribution in [1.82, 2.24) is 5.32 Å². The van der Waals surface area contributed by atoms with Crippen LogP contribution in [0.2, 0.25) is 0 Å². The standard InChI is InChI=1S/C17H26FNO/c1-3-9-19-16(17-6-4-5-10-20-17)12-14-7-8-15(18)11-13(14)2/h7-8,11,16-17,19H,3-6,9-10,12H2,1-2H3. The van der Waals surface area contributed by atoms with E-state index in [9.17, 15) is 4.39 Å². The Hall–Kier alpha value is -0.930. The van der Waals surface area contributed by atoms with Gasteiger partial charge in [-0.05, 0) is 68.8 Å². The van der Waals surface area contributed by atoms with Gasteiger partial charge in [-0.25, -0.2) is 4.39 Å². The molecule has 1 aromatic rings. The van der Waals surface area contributed by atoms with E-state index in [-0.39, 0.29) is 5.82 Å². The molecule has 0 radical (unpaired) electrons. The number of hydrogen-bond donors (Lipinski definition) is 1. The average Bonchev–Trinajstić information content (AvgIpc) is 2.46. The Morgan fingerprint density at radius 1 is 1.40 bits per heavy atom. The van der Waals surface area contributed by atoms with Gasteiger partial charge in [0.15, 0.2) is 0 Å². The van der Waals surface area contributed by atoms with E-state index in [4.69, 9.17) is 4.74 Å². The normalized spacial score (nSPS) is 20.9. The first-order valence-corrected chi connectivity index (χ1v) is 7.80. The number of ether oxygens (including phenoxy) is 1. The van der Waals surface area contributed by atoms with Crippen LogP contribution in [0.1, 0.15) is 43.7 Å². The van der Waals surface area contributed by atoms with Crippen molar-refractivity contribution in [2.45, 2.75) is 58.1 Å². The lowest BCUT2D eigenvalue weighted by atomic mass is 9.94. The zero-order valence-corrected chi connectivity index (χ0v) is 12.6. The van der Waals surface area contributed by atoms with Gasteiger partial charge in [-0.1, -0.05) is 13.0 Å². The summed E-state index contributed by atoms with van der Waals surface area (Å²) in [7, 11) is 0. The summed E-state index contributed by atoms with van der Waals surface area (Å²) in [4.78, 5) is 0. The predicted octanol–water partition coefficient (Wildman–Crippen LogP) is 3.61. The first-order chi connectivity index (χ1) is 9.70. The molecule has 1 aliphatic rings. The molecule has 1 N–H and O–H groups in total. The molecule has 0 bridgehead atoms. The fourth-order valence-corrected chi connectivity index (χ4v) is 2.87. The number of benzene rings is 1. The Labute approximate surface area is 121 Å². The van der Waals surface area contributed by atoms with Crippen LogP contribution in [-0.2, 0) is 11.2 Å². The summed E-state index contributed by atoms with van der Waals surface area (Å²) in [5.74, 6) is -0.154. The van der Waals surface area contributed by atoms with Crippen molar-refractivity contribution in [3.8, 4) is 0 Å². The third-order valence-corrected chi connectivity index (χ3v) is 4.06. The smallest absolute Gasteiger partial charge is 0.123 e. The van der Waals surface area contributed by atoms with E-state index < -0.39 is 0 Å². The van der Waals surface area contributed by atoms with E-state index in [2.05, 4.69) is 12.2 Å². The van der Waals surface area contributed by atoms with Gasteiger partial charge in [-0.3, -0.25) is 0 Å². The Morgan fingerprint density at radius 2 is 2.25 bits per heavy atom. The number of aryl methyl sites for hydroxylation is 1. The van der Waals surface area contributed by atoms with Gasteiger partial charge < -0.3 is 10.1 Å². The summed E-state index contributed by atoms with van der Waals surface area (Å²) in [6.45, 7) is 6.04. The van der Waals surface area contributed by atoms with Crippen LogP contribution in [0, 0.1) is 12.7 Å². The van der Waals surface area contributed by atoms with Crippen molar-refractivity contribution in [2.24, 2.45) is 0 Å². The molecule has 2 nitrogen and oxygen atoms in total. The topological polar surface area (TPSA) is 21.3 Å². The monoisotopic (exact) mass is 279 g/mol. The van der Waals surface area contributed by atoms with E-state index in [0.717, 1.165) is 38.0 Å². The van der Waals surface area contributed by atoms with Crippen molar-refractivity contribution >= 4 is 0 Å². The fourth-order valence-electron chi connectivity index (χ4n) is 2.87. The largest absolute Gasteiger partial charge is 0.377 e. The maximum Gasteiger partial charge on any atom is 0.123 e.